The number of nitrogens with one attached hydrogen (secondary N) is 1. The number of aryl methyl sites for hydroxylation is 1. The molecule has 5 nitrogen and oxygen atoms in total. The fraction of sp³-hybridized carbons (Fsp3) is 0.0500. The summed E-state index contributed by atoms with van der Waals surface area (Å²) in [6, 6.07) is 15.4. The Hall–Kier alpha value is -3.25. The smallest absolute Gasteiger partial charge is 0.257 e. The van der Waals surface area contributed by atoms with Crippen LogP contribution in [-0.4, -0.2) is 21.8 Å². The van der Waals surface area contributed by atoms with Crippen LogP contribution in [0.2, 0.25) is 0 Å². The van der Waals surface area contributed by atoms with Gasteiger partial charge in [-0.15, -0.1) is 0 Å². The molecule has 1 aromatic heterocycles. The van der Waals surface area contributed by atoms with Gasteiger partial charge in [0.05, 0.1) is 10.6 Å². The number of thiazole rings is 1. The summed E-state index contributed by atoms with van der Waals surface area (Å²) < 4.78 is 0. The van der Waals surface area contributed by atoms with E-state index in [1.165, 1.54) is 6.08 Å². The van der Waals surface area contributed by atoms with Crippen molar-refractivity contribution >= 4 is 34.2 Å². The van der Waals surface area contributed by atoms with E-state index in [-0.39, 0.29) is 17.4 Å². The summed E-state index contributed by atoms with van der Waals surface area (Å²) in [5, 5.41) is 12.4. The van der Waals surface area contributed by atoms with Crippen LogP contribution in [0.5, 0.6) is 5.75 Å². The summed E-state index contributed by atoms with van der Waals surface area (Å²) in [5.74, 6) is -0.281. The van der Waals surface area contributed by atoms with Crippen molar-refractivity contribution in [3.8, 4) is 5.75 Å². The Kier molecular flexibility index (Phi) is 5.24. The van der Waals surface area contributed by atoms with Crippen molar-refractivity contribution in [1.29, 1.82) is 0 Å². The van der Waals surface area contributed by atoms with Gasteiger partial charge in [-0.1, -0.05) is 47.7 Å². The third kappa shape index (κ3) is 4.23. The van der Waals surface area contributed by atoms with Crippen LogP contribution >= 0.6 is 11.3 Å². The van der Waals surface area contributed by atoms with E-state index in [0.29, 0.717) is 21.3 Å². The number of carbonyl (C=O) groups excluding carboxylic acids is 2. The van der Waals surface area contributed by atoms with Gasteiger partial charge in [-0.3, -0.25) is 14.9 Å². The quantitative estimate of drug-likeness (QED) is 0.522. The van der Waals surface area contributed by atoms with E-state index >= 15 is 0 Å². The minimum Gasteiger partial charge on any atom is -0.508 e. The lowest BCUT2D eigenvalue weighted by atomic mass is 10.1. The molecule has 0 radical (unpaired) electrons. The number of benzene rings is 2. The number of aromatic hydroxyl groups is 1. The van der Waals surface area contributed by atoms with Crippen molar-refractivity contribution in [2.75, 3.05) is 5.32 Å². The molecule has 0 saturated heterocycles. The molecule has 0 spiro atoms. The first kappa shape index (κ1) is 17.6. The zero-order valence-electron chi connectivity index (χ0n) is 14.0. The van der Waals surface area contributed by atoms with Crippen molar-refractivity contribution in [1.82, 2.24) is 4.98 Å². The summed E-state index contributed by atoms with van der Waals surface area (Å²) in [6.07, 6.45) is 3.12. The molecule has 1 amide bonds. The molecule has 0 aliphatic carbocycles. The summed E-state index contributed by atoms with van der Waals surface area (Å²) in [4.78, 5) is 29.3. The van der Waals surface area contributed by atoms with Gasteiger partial charge in [-0.2, -0.15) is 0 Å². The Bertz CT molecular complexity index is 960. The maximum atomic E-state index is 12.4. The van der Waals surface area contributed by atoms with Crippen LogP contribution in [0.15, 0.2) is 60.7 Å². The number of hydrogen-bond acceptors (Lipinski definition) is 5. The molecular weight excluding hydrogens is 348 g/mol. The second-order valence-corrected chi connectivity index (χ2v) is 6.54. The molecular formula is C20H16N2O3S. The van der Waals surface area contributed by atoms with Gasteiger partial charge in [-0.25, -0.2) is 4.98 Å². The van der Waals surface area contributed by atoms with Gasteiger partial charge in [0.1, 0.15) is 5.75 Å². The molecule has 0 atom stereocenters. The number of amides is 1. The van der Waals surface area contributed by atoms with E-state index in [1.54, 1.807) is 61.5 Å². The standard InChI is InChI=1S/C20H16N2O3S/c1-13-18(17(24)12-9-14-7-10-16(23)11-8-14)26-20(21-13)22-19(25)15-5-3-2-4-6-15/h2-12,23H,1H3,(H,21,22,25). The number of allylic oxidation sites excluding steroid dienone is 1. The summed E-state index contributed by atoms with van der Waals surface area (Å²) in [5.41, 5.74) is 1.90. The predicted molar refractivity (Wildman–Crippen MR) is 103 cm³/mol. The molecule has 0 saturated carbocycles. The molecule has 3 rings (SSSR count). The van der Waals surface area contributed by atoms with Gasteiger partial charge in [0, 0.05) is 5.56 Å². The Morgan fingerprint density at radius 1 is 1.08 bits per heavy atom. The Labute approximate surface area is 154 Å². The van der Waals surface area contributed by atoms with Crippen molar-refractivity contribution in [3.05, 3.63) is 82.4 Å². The largest absolute Gasteiger partial charge is 0.508 e. The molecule has 1 heterocycles. The molecule has 3 aromatic rings. The number of rotatable bonds is 5. The lowest BCUT2D eigenvalue weighted by molar-refractivity contribution is 0.102. The number of anilines is 1. The zero-order valence-corrected chi connectivity index (χ0v) is 14.8. The molecule has 0 fully saturated rings. The molecule has 0 aliphatic rings. The van der Waals surface area contributed by atoms with Gasteiger partial charge in [0.25, 0.3) is 5.91 Å². The van der Waals surface area contributed by atoms with Crippen LogP contribution in [0.1, 0.15) is 31.3 Å². The van der Waals surface area contributed by atoms with Crippen molar-refractivity contribution in [2.45, 2.75) is 6.92 Å². The summed E-state index contributed by atoms with van der Waals surface area (Å²) in [6.45, 7) is 1.73. The third-order valence-corrected chi connectivity index (χ3v) is 4.68. The topological polar surface area (TPSA) is 79.3 Å². The number of ketones is 1. The van der Waals surface area contributed by atoms with E-state index < -0.39 is 0 Å². The molecule has 2 aromatic carbocycles. The van der Waals surface area contributed by atoms with Gasteiger partial charge in [-0.05, 0) is 42.8 Å². The first-order valence-corrected chi connectivity index (χ1v) is 8.70. The molecule has 0 unspecified atom stereocenters. The minimum absolute atomic E-state index is 0.172. The van der Waals surface area contributed by atoms with Gasteiger partial charge < -0.3 is 5.11 Å². The van der Waals surface area contributed by atoms with E-state index in [4.69, 9.17) is 0 Å². The highest BCUT2D eigenvalue weighted by Crippen LogP contribution is 2.24. The van der Waals surface area contributed by atoms with Gasteiger partial charge >= 0.3 is 0 Å². The van der Waals surface area contributed by atoms with Crippen molar-refractivity contribution in [2.24, 2.45) is 0 Å². The van der Waals surface area contributed by atoms with Crippen molar-refractivity contribution in [3.63, 3.8) is 0 Å². The Morgan fingerprint density at radius 2 is 1.77 bits per heavy atom. The molecule has 2 N–H and O–H groups in total. The van der Waals surface area contributed by atoms with Gasteiger partial charge in [0.2, 0.25) is 0 Å². The lowest BCUT2D eigenvalue weighted by Gasteiger charge is -2.00. The van der Waals surface area contributed by atoms with Crippen LogP contribution in [0.4, 0.5) is 5.13 Å². The number of phenols is 1. The van der Waals surface area contributed by atoms with Gasteiger partial charge in [0.15, 0.2) is 10.9 Å². The molecule has 130 valence electrons. The Balaban J connectivity index is 1.72. The highest BCUT2D eigenvalue weighted by Gasteiger charge is 2.15. The maximum Gasteiger partial charge on any atom is 0.257 e. The van der Waals surface area contributed by atoms with E-state index in [0.717, 1.165) is 16.9 Å². The first-order valence-electron chi connectivity index (χ1n) is 7.88. The highest BCUT2D eigenvalue weighted by molar-refractivity contribution is 7.18. The second-order valence-electron chi connectivity index (χ2n) is 5.54. The molecule has 6 heteroatoms. The van der Waals surface area contributed by atoms with Crippen LogP contribution in [-0.2, 0) is 0 Å². The average molecular weight is 364 g/mol. The number of nitrogens with zero attached hydrogens (tertiary/aromatic N) is 1. The normalized spacial score (nSPS) is 10.8. The summed E-state index contributed by atoms with van der Waals surface area (Å²) in [7, 11) is 0. The van der Waals surface area contributed by atoms with E-state index in [9.17, 15) is 14.7 Å². The average Bonchev–Trinajstić information content (AvgIpc) is 3.02. The van der Waals surface area contributed by atoms with Crippen LogP contribution in [0, 0.1) is 6.92 Å². The number of aromatic nitrogens is 1. The third-order valence-electron chi connectivity index (χ3n) is 3.60. The number of phenolic OH excluding ortho intramolecular Hbond substituents is 1. The second kappa shape index (κ2) is 7.76. The number of carbonyl (C=O) groups is 2. The van der Waals surface area contributed by atoms with Crippen LogP contribution in [0.25, 0.3) is 6.08 Å². The molecule has 0 bridgehead atoms. The minimum atomic E-state index is -0.266. The van der Waals surface area contributed by atoms with Crippen LogP contribution in [0.3, 0.4) is 0 Å². The van der Waals surface area contributed by atoms with E-state index in [2.05, 4.69) is 10.3 Å². The van der Waals surface area contributed by atoms with Crippen LogP contribution < -0.4 is 5.32 Å². The lowest BCUT2D eigenvalue weighted by Crippen LogP contribution is -2.11. The highest BCUT2D eigenvalue weighted by atomic mass is 32.1. The number of hydrogen-bond donors (Lipinski definition) is 2. The fourth-order valence-electron chi connectivity index (χ4n) is 2.27. The summed E-state index contributed by atoms with van der Waals surface area (Å²) >= 11 is 1.14. The van der Waals surface area contributed by atoms with Crippen molar-refractivity contribution < 1.29 is 14.7 Å². The SMILES string of the molecule is Cc1nc(NC(=O)c2ccccc2)sc1C(=O)C=Cc1ccc(O)cc1. The zero-order chi connectivity index (χ0) is 18.5. The molecule has 0 aliphatic heterocycles. The van der Waals surface area contributed by atoms with E-state index in [1.807, 2.05) is 6.07 Å². The fourth-order valence-corrected chi connectivity index (χ4v) is 3.15. The Morgan fingerprint density at radius 3 is 2.46 bits per heavy atom. The maximum absolute atomic E-state index is 12.4. The first-order chi connectivity index (χ1) is 12.5. The monoisotopic (exact) mass is 364 g/mol. The molecule has 26 heavy (non-hydrogen) atoms. The predicted octanol–water partition coefficient (Wildman–Crippen LogP) is 4.31.